The average molecular weight is 282 g/mol. The highest BCUT2D eigenvalue weighted by Gasteiger charge is 2.49. The summed E-state index contributed by atoms with van der Waals surface area (Å²) in [6.45, 7) is 3.32. The molecule has 4 aliphatic rings. The van der Waals surface area contributed by atoms with Gasteiger partial charge in [0, 0.05) is 37.5 Å². The molecule has 2 aliphatic heterocycles. The number of rotatable bonds is 1. The van der Waals surface area contributed by atoms with Crippen LogP contribution in [0.1, 0.15) is 38.5 Å². The minimum atomic E-state index is -0.340. The van der Waals surface area contributed by atoms with Gasteiger partial charge >= 0.3 is 0 Å². The van der Waals surface area contributed by atoms with Gasteiger partial charge in [0.05, 0.1) is 25.9 Å². The van der Waals surface area contributed by atoms with Gasteiger partial charge in [-0.1, -0.05) is 0 Å². The van der Waals surface area contributed by atoms with Crippen molar-refractivity contribution >= 4 is 0 Å². The lowest BCUT2D eigenvalue weighted by Gasteiger charge is -2.49. The molecule has 20 heavy (non-hydrogen) atoms. The topological polar surface area (TPSA) is 57.0 Å². The van der Waals surface area contributed by atoms with E-state index in [-0.39, 0.29) is 11.8 Å². The van der Waals surface area contributed by atoms with E-state index < -0.39 is 0 Å². The summed E-state index contributed by atoms with van der Waals surface area (Å²) < 4.78 is 17.8. The van der Waals surface area contributed by atoms with Crippen molar-refractivity contribution in [3.8, 4) is 0 Å². The molecule has 4 atom stereocenters. The molecule has 4 unspecified atom stereocenters. The first kappa shape index (κ1) is 13.5. The fourth-order valence-electron chi connectivity index (χ4n) is 4.64. The van der Waals surface area contributed by atoms with E-state index in [1.807, 2.05) is 0 Å². The average Bonchev–Trinajstić information content (AvgIpc) is 3.11. The summed E-state index contributed by atoms with van der Waals surface area (Å²) in [6, 6.07) is 1.19. The Bertz CT molecular complexity index is 359. The summed E-state index contributed by atoms with van der Waals surface area (Å²) in [5.41, 5.74) is 6.45. The fourth-order valence-corrected chi connectivity index (χ4v) is 4.64. The first-order valence-corrected chi connectivity index (χ1v) is 8.18. The van der Waals surface area contributed by atoms with Crippen LogP contribution in [0.4, 0.5) is 0 Å². The molecule has 5 nitrogen and oxygen atoms in total. The lowest BCUT2D eigenvalue weighted by molar-refractivity contribution is -0.200. The maximum Gasteiger partial charge on any atom is 0.170 e. The van der Waals surface area contributed by atoms with Crippen molar-refractivity contribution < 1.29 is 14.2 Å². The highest BCUT2D eigenvalue weighted by atomic mass is 16.7. The monoisotopic (exact) mass is 282 g/mol. The summed E-state index contributed by atoms with van der Waals surface area (Å²) in [5.74, 6) is -0.340. The second kappa shape index (κ2) is 5.21. The molecule has 4 rings (SSSR count). The van der Waals surface area contributed by atoms with Gasteiger partial charge in [0.15, 0.2) is 5.79 Å². The summed E-state index contributed by atoms with van der Waals surface area (Å²) in [5, 5.41) is 0. The van der Waals surface area contributed by atoms with E-state index in [2.05, 4.69) is 4.90 Å². The Morgan fingerprint density at radius 1 is 1.00 bits per heavy atom. The Kier molecular flexibility index (Phi) is 3.51. The second-order valence-electron chi connectivity index (χ2n) is 6.73. The molecule has 0 aromatic rings. The van der Waals surface area contributed by atoms with Crippen molar-refractivity contribution in [1.82, 2.24) is 4.90 Å². The van der Waals surface area contributed by atoms with Crippen LogP contribution in [0, 0.1) is 0 Å². The summed E-state index contributed by atoms with van der Waals surface area (Å²) in [7, 11) is 0. The van der Waals surface area contributed by atoms with Crippen LogP contribution in [-0.2, 0) is 14.2 Å². The summed E-state index contributed by atoms with van der Waals surface area (Å²) in [4.78, 5) is 2.62. The summed E-state index contributed by atoms with van der Waals surface area (Å²) in [6.07, 6.45) is 7.05. The van der Waals surface area contributed by atoms with Gasteiger partial charge in [-0.2, -0.15) is 0 Å². The Morgan fingerprint density at radius 3 is 2.70 bits per heavy atom. The van der Waals surface area contributed by atoms with Crippen molar-refractivity contribution in [3.63, 3.8) is 0 Å². The Balaban J connectivity index is 1.53. The van der Waals surface area contributed by atoms with Crippen LogP contribution in [0.25, 0.3) is 0 Å². The lowest BCUT2D eigenvalue weighted by Crippen LogP contribution is -2.62. The Morgan fingerprint density at radius 2 is 1.85 bits per heavy atom. The number of nitrogens with two attached hydrogens (primary N) is 1. The molecule has 4 fully saturated rings. The highest BCUT2D eigenvalue weighted by molar-refractivity contribution is 5.00. The van der Waals surface area contributed by atoms with Gasteiger partial charge in [0.1, 0.15) is 0 Å². The summed E-state index contributed by atoms with van der Waals surface area (Å²) >= 11 is 0. The minimum Gasteiger partial charge on any atom is -0.375 e. The molecule has 1 spiro atoms. The third-order valence-electron chi connectivity index (χ3n) is 5.64. The molecule has 2 aliphatic carbocycles. The molecule has 0 amide bonds. The number of hydrogen-bond acceptors (Lipinski definition) is 5. The Labute approximate surface area is 120 Å². The molecule has 2 saturated carbocycles. The molecule has 0 bridgehead atoms. The minimum absolute atomic E-state index is 0.243. The number of hydrogen-bond donors (Lipinski definition) is 1. The van der Waals surface area contributed by atoms with E-state index in [0.717, 1.165) is 45.6 Å². The second-order valence-corrected chi connectivity index (χ2v) is 6.73. The number of morpholine rings is 1. The van der Waals surface area contributed by atoms with E-state index >= 15 is 0 Å². The van der Waals surface area contributed by atoms with Crippen LogP contribution in [0.2, 0.25) is 0 Å². The van der Waals surface area contributed by atoms with Gasteiger partial charge < -0.3 is 19.9 Å². The van der Waals surface area contributed by atoms with Crippen molar-refractivity contribution in [1.29, 1.82) is 0 Å². The van der Waals surface area contributed by atoms with Crippen molar-refractivity contribution in [2.45, 2.75) is 68.5 Å². The maximum atomic E-state index is 6.45. The van der Waals surface area contributed by atoms with Crippen LogP contribution in [0.3, 0.4) is 0 Å². The number of ether oxygens (including phenoxy) is 3. The lowest BCUT2D eigenvalue weighted by atomic mass is 9.84. The fraction of sp³-hybridized carbons (Fsp3) is 1.00. The number of nitrogens with zero attached hydrogens (tertiary/aromatic N) is 1. The van der Waals surface area contributed by atoms with Crippen molar-refractivity contribution in [2.24, 2.45) is 5.73 Å². The van der Waals surface area contributed by atoms with Crippen LogP contribution in [-0.4, -0.2) is 61.3 Å². The van der Waals surface area contributed by atoms with E-state index in [1.54, 1.807) is 0 Å². The predicted octanol–water partition coefficient (Wildman–Crippen LogP) is 0.863. The number of fused-ring (bicyclic) bond motifs is 1. The van der Waals surface area contributed by atoms with Crippen molar-refractivity contribution in [3.05, 3.63) is 0 Å². The third-order valence-corrected chi connectivity index (χ3v) is 5.64. The highest BCUT2D eigenvalue weighted by Crippen LogP contribution is 2.40. The van der Waals surface area contributed by atoms with Gasteiger partial charge in [-0.25, -0.2) is 0 Å². The smallest absolute Gasteiger partial charge is 0.170 e. The molecule has 5 heteroatoms. The molecule has 2 N–H and O–H groups in total. The molecule has 114 valence electrons. The first-order chi connectivity index (χ1) is 9.77. The zero-order valence-corrected chi connectivity index (χ0v) is 12.1. The third kappa shape index (κ3) is 2.20. The standard InChI is InChI=1S/C15H26N2O3/c16-11-4-5-15(19-8-9-20-15)10-13(11)17-6-7-18-14-3-1-2-12(14)17/h11-14H,1-10,16H2. The molecular formula is C15H26N2O3. The molecule has 0 aromatic carbocycles. The SMILES string of the molecule is NC1CCC2(CC1N1CCOC3CCCC31)OCCO2. The Hall–Kier alpha value is -0.200. The van der Waals surface area contributed by atoms with Crippen LogP contribution in [0.15, 0.2) is 0 Å². The molecule has 0 radical (unpaired) electrons. The van der Waals surface area contributed by atoms with Crippen LogP contribution < -0.4 is 5.73 Å². The zero-order chi connectivity index (χ0) is 13.6. The first-order valence-electron chi connectivity index (χ1n) is 8.18. The van der Waals surface area contributed by atoms with E-state index in [0.29, 0.717) is 18.2 Å². The molecular weight excluding hydrogens is 256 g/mol. The van der Waals surface area contributed by atoms with E-state index in [1.165, 1.54) is 19.3 Å². The zero-order valence-electron chi connectivity index (χ0n) is 12.1. The van der Waals surface area contributed by atoms with Crippen LogP contribution >= 0.6 is 0 Å². The van der Waals surface area contributed by atoms with Gasteiger partial charge in [0.2, 0.25) is 0 Å². The van der Waals surface area contributed by atoms with E-state index in [4.69, 9.17) is 19.9 Å². The van der Waals surface area contributed by atoms with Gasteiger partial charge in [-0.05, 0) is 25.7 Å². The normalized spacial score (nSPS) is 44.9. The molecule has 2 saturated heterocycles. The van der Waals surface area contributed by atoms with Gasteiger partial charge in [0.25, 0.3) is 0 Å². The maximum absolute atomic E-state index is 6.45. The van der Waals surface area contributed by atoms with Gasteiger partial charge in [-0.3, -0.25) is 4.90 Å². The van der Waals surface area contributed by atoms with Crippen molar-refractivity contribution in [2.75, 3.05) is 26.4 Å². The van der Waals surface area contributed by atoms with Crippen LogP contribution in [0.5, 0.6) is 0 Å². The molecule has 0 aromatic heterocycles. The predicted molar refractivity (Wildman–Crippen MR) is 74.3 cm³/mol. The quantitative estimate of drug-likeness (QED) is 0.773. The van der Waals surface area contributed by atoms with E-state index in [9.17, 15) is 0 Å². The molecule has 2 heterocycles. The largest absolute Gasteiger partial charge is 0.375 e. The van der Waals surface area contributed by atoms with Gasteiger partial charge in [-0.15, -0.1) is 0 Å².